The van der Waals surface area contributed by atoms with Crippen LogP contribution in [0.25, 0.3) is 0 Å². The summed E-state index contributed by atoms with van der Waals surface area (Å²) in [5.41, 5.74) is 1.50. The van der Waals surface area contributed by atoms with Gasteiger partial charge in [-0.1, -0.05) is 6.07 Å². The molecule has 0 aliphatic rings. The number of carbonyl (C=O) groups is 3. The number of ketones is 1. The number of nitrogens with zero attached hydrogens (tertiary/aromatic N) is 1. The van der Waals surface area contributed by atoms with Gasteiger partial charge < -0.3 is 10.1 Å². The molecule has 134 valence electrons. The van der Waals surface area contributed by atoms with Gasteiger partial charge in [-0.15, -0.1) is 11.3 Å². The summed E-state index contributed by atoms with van der Waals surface area (Å²) in [7, 11) is 0. The van der Waals surface area contributed by atoms with Crippen molar-refractivity contribution < 1.29 is 19.1 Å². The molecule has 0 saturated carbocycles. The summed E-state index contributed by atoms with van der Waals surface area (Å²) in [5, 5.41) is 11.4. The van der Waals surface area contributed by atoms with E-state index in [1.54, 1.807) is 18.2 Å². The molecule has 1 N–H and O–H groups in total. The summed E-state index contributed by atoms with van der Waals surface area (Å²) >= 11 is 1.54. The fraction of sp³-hybridized carbons (Fsp3) is 0.263. The highest BCUT2D eigenvalue weighted by molar-refractivity contribution is 7.12. The van der Waals surface area contributed by atoms with Crippen LogP contribution in [-0.4, -0.2) is 24.3 Å². The number of ether oxygens (including phenoxy) is 1. The molecule has 6 nitrogen and oxygen atoms in total. The standard InChI is InChI=1S/C19H18N2O4S/c1-12-8-16(13(2)26-12)17(22)6-7-19(24)25-11-18(23)21-15-5-3-4-14(9-15)10-20/h3-5,8-9H,6-7,11H2,1-2H3,(H,21,23). The van der Waals surface area contributed by atoms with E-state index in [0.29, 0.717) is 16.8 Å². The molecule has 0 unspecified atom stereocenters. The van der Waals surface area contributed by atoms with E-state index in [4.69, 9.17) is 10.00 Å². The fourth-order valence-corrected chi connectivity index (χ4v) is 3.28. The predicted molar refractivity (Wildman–Crippen MR) is 98.1 cm³/mol. The Morgan fingerprint density at radius 1 is 1.19 bits per heavy atom. The zero-order chi connectivity index (χ0) is 19.1. The number of hydrogen-bond donors (Lipinski definition) is 1. The number of amides is 1. The van der Waals surface area contributed by atoms with Crippen LogP contribution in [0.1, 0.15) is 38.5 Å². The van der Waals surface area contributed by atoms with Gasteiger partial charge in [0.1, 0.15) is 0 Å². The summed E-state index contributed by atoms with van der Waals surface area (Å²) in [6, 6.07) is 10.2. The lowest BCUT2D eigenvalue weighted by Crippen LogP contribution is -2.21. The van der Waals surface area contributed by atoms with E-state index in [2.05, 4.69) is 5.32 Å². The molecule has 0 aliphatic carbocycles. The smallest absolute Gasteiger partial charge is 0.306 e. The van der Waals surface area contributed by atoms with Crippen molar-refractivity contribution in [2.75, 3.05) is 11.9 Å². The molecular formula is C19H18N2O4S. The summed E-state index contributed by atoms with van der Waals surface area (Å²) < 4.78 is 4.89. The number of benzene rings is 1. The van der Waals surface area contributed by atoms with Gasteiger partial charge in [0.05, 0.1) is 18.1 Å². The minimum atomic E-state index is -0.608. The lowest BCUT2D eigenvalue weighted by Gasteiger charge is -2.07. The van der Waals surface area contributed by atoms with E-state index in [1.165, 1.54) is 17.4 Å². The number of esters is 1. The van der Waals surface area contributed by atoms with Crippen LogP contribution in [-0.2, 0) is 14.3 Å². The molecule has 7 heteroatoms. The van der Waals surface area contributed by atoms with Crippen LogP contribution in [0.5, 0.6) is 0 Å². The minimum absolute atomic E-state index is 0.0433. The minimum Gasteiger partial charge on any atom is -0.456 e. The molecule has 0 fully saturated rings. The third kappa shape index (κ3) is 5.53. The van der Waals surface area contributed by atoms with E-state index < -0.39 is 18.5 Å². The lowest BCUT2D eigenvalue weighted by molar-refractivity contribution is -0.147. The third-order valence-electron chi connectivity index (χ3n) is 3.54. The van der Waals surface area contributed by atoms with Gasteiger partial charge in [0.2, 0.25) is 0 Å². The number of Topliss-reactive ketones (excluding diaryl/α,β-unsaturated/α-hetero) is 1. The van der Waals surface area contributed by atoms with Crippen LogP contribution in [0.2, 0.25) is 0 Å². The Morgan fingerprint density at radius 3 is 2.62 bits per heavy atom. The van der Waals surface area contributed by atoms with Gasteiger partial charge in [-0.2, -0.15) is 5.26 Å². The molecule has 0 radical (unpaired) electrons. The second kappa shape index (κ2) is 8.92. The number of rotatable bonds is 7. The van der Waals surface area contributed by atoms with Crippen molar-refractivity contribution in [2.45, 2.75) is 26.7 Å². The van der Waals surface area contributed by atoms with Crippen molar-refractivity contribution in [3.05, 3.63) is 51.2 Å². The highest BCUT2D eigenvalue weighted by Crippen LogP contribution is 2.22. The van der Waals surface area contributed by atoms with Gasteiger partial charge in [-0.3, -0.25) is 14.4 Å². The van der Waals surface area contributed by atoms with Crippen LogP contribution < -0.4 is 5.32 Å². The normalized spacial score (nSPS) is 10.0. The topological polar surface area (TPSA) is 96.3 Å². The van der Waals surface area contributed by atoms with E-state index in [0.717, 1.165) is 9.75 Å². The Kier molecular flexibility index (Phi) is 6.64. The molecule has 0 saturated heterocycles. The molecule has 1 amide bonds. The maximum Gasteiger partial charge on any atom is 0.306 e. The van der Waals surface area contributed by atoms with Crippen molar-refractivity contribution in [2.24, 2.45) is 0 Å². The number of anilines is 1. The van der Waals surface area contributed by atoms with Gasteiger partial charge in [0.15, 0.2) is 12.4 Å². The molecule has 26 heavy (non-hydrogen) atoms. The predicted octanol–water partition coefficient (Wildman–Crippen LogP) is 3.38. The van der Waals surface area contributed by atoms with E-state index >= 15 is 0 Å². The van der Waals surface area contributed by atoms with Crippen LogP contribution in [0.15, 0.2) is 30.3 Å². The summed E-state index contributed by atoms with van der Waals surface area (Å²) in [5.74, 6) is -1.23. The molecule has 0 atom stereocenters. The average molecular weight is 370 g/mol. The first kappa shape index (κ1) is 19.3. The summed E-state index contributed by atoms with van der Waals surface area (Å²) in [6.45, 7) is 3.35. The Balaban J connectivity index is 1.76. The lowest BCUT2D eigenvalue weighted by atomic mass is 10.1. The SMILES string of the molecule is Cc1cc(C(=O)CCC(=O)OCC(=O)Nc2cccc(C#N)c2)c(C)s1. The van der Waals surface area contributed by atoms with Crippen molar-refractivity contribution in [1.82, 2.24) is 0 Å². The number of thiophene rings is 1. The Morgan fingerprint density at radius 2 is 1.96 bits per heavy atom. The Hall–Kier alpha value is -2.98. The second-order valence-corrected chi connectivity index (χ2v) is 7.11. The molecule has 1 aromatic carbocycles. The number of aryl methyl sites for hydroxylation is 2. The Bertz CT molecular complexity index is 880. The van der Waals surface area contributed by atoms with Gasteiger partial charge in [-0.25, -0.2) is 0 Å². The van der Waals surface area contributed by atoms with E-state index in [-0.39, 0.29) is 18.6 Å². The van der Waals surface area contributed by atoms with E-state index in [9.17, 15) is 14.4 Å². The van der Waals surface area contributed by atoms with Gasteiger partial charge >= 0.3 is 5.97 Å². The van der Waals surface area contributed by atoms with Crippen LogP contribution in [0, 0.1) is 25.2 Å². The Labute approximate surface area is 155 Å². The van der Waals surface area contributed by atoms with Crippen molar-refractivity contribution in [3.8, 4) is 6.07 Å². The van der Waals surface area contributed by atoms with Crippen LogP contribution in [0.3, 0.4) is 0 Å². The zero-order valence-corrected chi connectivity index (χ0v) is 15.3. The maximum absolute atomic E-state index is 12.1. The highest BCUT2D eigenvalue weighted by Gasteiger charge is 2.15. The van der Waals surface area contributed by atoms with Crippen LogP contribution in [0.4, 0.5) is 5.69 Å². The molecule has 0 aliphatic heterocycles. The largest absolute Gasteiger partial charge is 0.456 e. The first-order valence-corrected chi connectivity index (χ1v) is 8.76. The average Bonchev–Trinajstić information content (AvgIpc) is 2.96. The zero-order valence-electron chi connectivity index (χ0n) is 14.5. The van der Waals surface area contributed by atoms with Crippen molar-refractivity contribution in [3.63, 3.8) is 0 Å². The third-order valence-corrected chi connectivity index (χ3v) is 4.50. The monoisotopic (exact) mass is 370 g/mol. The number of carbonyl (C=O) groups excluding carboxylic acids is 3. The molecular weight excluding hydrogens is 352 g/mol. The molecule has 2 rings (SSSR count). The van der Waals surface area contributed by atoms with Gasteiger partial charge in [0, 0.05) is 27.4 Å². The quantitative estimate of drug-likeness (QED) is 0.595. The van der Waals surface area contributed by atoms with Gasteiger partial charge in [-0.05, 0) is 38.1 Å². The first-order chi connectivity index (χ1) is 12.4. The fourth-order valence-electron chi connectivity index (χ4n) is 2.34. The van der Waals surface area contributed by atoms with Crippen molar-refractivity contribution >= 4 is 34.7 Å². The highest BCUT2D eigenvalue weighted by atomic mass is 32.1. The summed E-state index contributed by atoms with van der Waals surface area (Å²) in [4.78, 5) is 37.6. The second-order valence-electron chi connectivity index (χ2n) is 5.65. The molecule has 1 aromatic heterocycles. The van der Waals surface area contributed by atoms with E-state index in [1.807, 2.05) is 26.0 Å². The summed E-state index contributed by atoms with van der Waals surface area (Å²) in [6.07, 6.45) is -0.0357. The first-order valence-electron chi connectivity index (χ1n) is 7.95. The molecule has 2 aromatic rings. The van der Waals surface area contributed by atoms with Gasteiger partial charge in [0.25, 0.3) is 5.91 Å². The number of nitriles is 1. The molecule has 1 heterocycles. The maximum atomic E-state index is 12.1. The molecule has 0 bridgehead atoms. The number of nitrogens with one attached hydrogen (secondary N) is 1. The number of hydrogen-bond acceptors (Lipinski definition) is 6. The van der Waals surface area contributed by atoms with Crippen molar-refractivity contribution in [1.29, 1.82) is 5.26 Å². The van der Waals surface area contributed by atoms with Crippen LogP contribution >= 0.6 is 11.3 Å². The molecule has 0 spiro atoms.